The van der Waals surface area contributed by atoms with Crippen molar-refractivity contribution in [2.45, 2.75) is 19.4 Å². The van der Waals surface area contributed by atoms with Crippen molar-refractivity contribution in [3.8, 4) is 34.8 Å². The number of aryl methyl sites for hydroxylation is 1. The van der Waals surface area contributed by atoms with Crippen molar-refractivity contribution in [2.75, 3.05) is 13.7 Å². The monoisotopic (exact) mass is 548 g/mol. The van der Waals surface area contributed by atoms with Gasteiger partial charge in [-0.05, 0) is 60.5 Å². The van der Waals surface area contributed by atoms with Crippen LogP contribution in [0.2, 0.25) is 0 Å². The lowest BCUT2D eigenvalue weighted by Crippen LogP contribution is -2.21. The molecule has 0 aromatic heterocycles. The molecule has 206 valence electrons. The van der Waals surface area contributed by atoms with Gasteiger partial charge in [-0.1, -0.05) is 48.0 Å². The van der Waals surface area contributed by atoms with Crippen LogP contribution in [0.15, 0.2) is 102 Å². The summed E-state index contributed by atoms with van der Waals surface area (Å²) in [5.74, 6) is 1.50. The lowest BCUT2D eigenvalue weighted by molar-refractivity contribution is -0.136. The summed E-state index contributed by atoms with van der Waals surface area (Å²) in [6, 6.07) is 29.7. The fraction of sp³-hybridized carbons (Fsp3) is 0.152. The average Bonchev–Trinajstić information content (AvgIpc) is 2.99. The molecule has 0 spiro atoms. The molecule has 0 saturated carbocycles. The van der Waals surface area contributed by atoms with Gasteiger partial charge in [0.15, 0.2) is 6.61 Å². The largest absolute Gasteiger partial charge is 0.497 e. The summed E-state index contributed by atoms with van der Waals surface area (Å²) in [5, 5.41) is 9.88. The minimum absolute atomic E-state index is 0.00369. The number of nitrogens with two attached hydrogens (primary N) is 1. The Morgan fingerprint density at radius 2 is 1.51 bits per heavy atom. The van der Waals surface area contributed by atoms with Gasteiger partial charge in [0.2, 0.25) is 5.88 Å². The molecule has 0 amide bonds. The first-order chi connectivity index (χ1) is 19.9. The number of ether oxygens (including phenoxy) is 5. The van der Waals surface area contributed by atoms with Gasteiger partial charge in [-0.15, -0.1) is 0 Å². The number of hydrogen-bond acceptors (Lipinski definition) is 8. The smallest absolute Gasteiger partial charge is 0.349 e. The molecule has 2 N–H and O–H groups in total. The van der Waals surface area contributed by atoms with Crippen molar-refractivity contribution >= 4 is 5.97 Å². The molecule has 0 saturated heterocycles. The molecule has 1 aliphatic heterocycles. The Kier molecular flexibility index (Phi) is 8.07. The van der Waals surface area contributed by atoms with E-state index < -0.39 is 11.9 Å². The average molecular weight is 549 g/mol. The third kappa shape index (κ3) is 6.43. The number of fused-ring (bicyclic) bond motifs is 1. The topological polar surface area (TPSA) is 113 Å². The summed E-state index contributed by atoms with van der Waals surface area (Å²) in [6.07, 6.45) is 0. The second kappa shape index (κ2) is 12.2. The maximum absolute atomic E-state index is 12.4. The van der Waals surface area contributed by atoms with E-state index in [1.807, 2.05) is 55.5 Å². The SMILES string of the molecule is COc1ccc(OCC(=O)Oc2ccc3c(c2)OC(N)=C(C#N)C3c2ccc(OCc3ccc(C)cc3)cc2)cc1. The highest BCUT2D eigenvalue weighted by Gasteiger charge is 2.31. The van der Waals surface area contributed by atoms with Crippen LogP contribution < -0.4 is 29.4 Å². The van der Waals surface area contributed by atoms with Crippen LogP contribution in [-0.4, -0.2) is 19.7 Å². The number of methoxy groups -OCH3 is 1. The van der Waals surface area contributed by atoms with E-state index in [4.69, 9.17) is 29.4 Å². The molecule has 0 aliphatic carbocycles. The predicted molar refractivity (Wildman–Crippen MR) is 152 cm³/mol. The van der Waals surface area contributed by atoms with E-state index in [9.17, 15) is 10.1 Å². The number of carbonyl (C=O) groups excluding carboxylic acids is 1. The lowest BCUT2D eigenvalue weighted by atomic mass is 9.83. The molecule has 0 fully saturated rings. The van der Waals surface area contributed by atoms with Gasteiger partial charge in [0.1, 0.15) is 47.0 Å². The molecular formula is C33H28N2O6. The van der Waals surface area contributed by atoms with Gasteiger partial charge in [-0.25, -0.2) is 4.79 Å². The van der Waals surface area contributed by atoms with Gasteiger partial charge in [-0.2, -0.15) is 5.26 Å². The Balaban J connectivity index is 1.28. The van der Waals surface area contributed by atoms with Crippen LogP contribution in [0.25, 0.3) is 0 Å². The Bertz CT molecular complexity index is 1600. The molecule has 1 atom stereocenters. The fourth-order valence-corrected chi connectivity index (χ4v) is 4.42. The number of hydrogen-bond donors (Lipinski definition) is 1. The van der Waals surface area contributed by atoms with Crippen LogP contribution >= 0.6 is 0 Å². The third-order valence-corrected chi connectivity index (χ3v) is 6.58. The second-order valence-electron chi connectivity index (χ2n) is 9.41. The maximum atomic E-state index is 12.4. The minimum Gasteiger partial charge on any atom is -0.497 e. The lowest BCUT2D eigenvalue weighted by Gasteiger charge is -2.26. The highest BCUT2D eigenvalue weighted by Crippen LogP contribution is 2.43. The van der Waals surface area contributed by atoms with Crippen LogP contribution in [0.4, 0.5) is 0 Å². The maximum Gasteiger partial charge on any atom is 0.349 e. The van der Waals surface area contributed by atoms with Crippen LogP contribution in [0, 0.1) is 18.3 Å². The van der Waals surface area contributed by atoms with Crippen molar-refractivity contribution in [1.82, 2.24) is 0 Å². The summed E-state index contributed by atoms with van der Waals surface area (Å²) in [7, 11) is 1.57. The van der Waals surface area contributed by atoms with Gasteiger partial charge < -0.3 is 29.4 Å². The molecule has 1 heterocycles. The first kappa shape index (κ1) is 27.2. The van der Waals surface area contributed by atoms with E-state index in [1.165, 1.54) is 5.56 Å². The number of allylic oxidation sites excluding steroid dienone is 1. The first-order valence-corrected chi connectivity index (χ1v) is 12.9. The van der Waals surface area contributed by atoms with E-state index in [2.05, 4.69) is 6.07 Å². The predicted octanol–water partition coefficient (Wildman–Crippen LogP) is 5.79. The first-order valence-electron chi connectivity index (χ1n) is 12.9. The van der Waals surface area contributed by atoms with E-state index >= 15 is 0 Å². The van der Waals surface area contributed by atoms with E-state index in [-0.39, 0.29) is 18.2 Å². The zero-order chi connectivity index (χ0) is 28.8. The number of esters is 1. The quantitative estimate of drug-likeness (QED) is 0.207. The zero-order valence-electron chi connectivity index (χ0n) is 22.6. The van der Waals surface area contributed by atoms with Crippen molar-refractivity contribution < 1.29 is 28.5 Å². The number of rotatable bonds is 9. The highest BCUT2D eigenvalue weighted by molar-refractivity contribution is 5.74. The summed E-state index contributed by atoms with van der Waals surface area (Å²) in [5.41, 5.74) is 10.3. The molecule has 8 heteroatoms. The molecule has 8 nitrogen and oxygen atoms in total. The van der Waals surface area contributed by atoms with Crippen molar-refractivity contribution in [3.05, 3.63) is 125 Å². The molecule has 5 rings (SSSR count). The van der Waals surface area contributed by atoms with E-state index in [0.29, 0.717) is 35.2 Å². The highest BCUT2D eigenvalue weighted by atomic mass is 16.6. The van der Waals surface area contributed by atoms with Crippen LogP contribution in [-0.2, 0) is 11.4 Å². The van der Waals surface area contributed by atoms with Gasteiger partial charge in [0, 0.05) is 11.6 Å². The van der Waals surface area contributed by atoms with Crippen molar-refractivity contribution in [2.24, 2.45) is 5.73 Å². The molecule has 1 aliphatic rings. The normalized spacial score (nSPS) is 13.8. The van der Waals surface area contributed by atoms with Crippen molar-refractivity contribution in [3.63, 3.8) is 0 Å². The van der Waals surface area contributed by atoms with Gasteiger partial charge >= 0.3 is 5.97 Å². The standard InChI is InChI=1S/C33H28N2O6/c1-21-3-5-22(6-4-21)19-38-25-9-7-23(8-10-25)32-28-16-15-27(17-30(28)41-33(35)29(32)18-34)40-31(36)20-39-26-13-11-24(37-2)12-14-26/h3-17,32H,19-20,35H2,1-2H3. The minimum atomic E-state index is -0.587. The van der Waals surface area contributed by atoms with Crippen LogP contribution in [0.3, 0.4) is 0 Å². The van der Waals surface area contributed by atoms with E-state index in [1.54, 1.807) is 49.6 Å². The Morgan fingerprint density at radius 1 is 0.878 bits per heavy atom. The van der Waals surface area contributed by atoms with Gasteiger partial charge in [-0.3, -0.25) is 0 Å². The van der Waals surface area contributed by atoms with Gasteiger partial charge in [0.05, 0.1) is 13.0 Å². The number of carbonyl (C=O) groups is 1. The number of nitriles is 1. The molecule has 0 bridgehead atoms. The summed E-state index contributed by atoms with van der Waals surface area (Å²) in [4.78, 5) is 12.4. The number of nitrogens with zero attached hydrogens (tertiary/aromatic N) is 1. The molecule has 4 aromatic carbocycles. The second-order valence-corrected chi connectivity index (χ2v) is 9.41. The molecular weight excluding hydrogens is 520 g/mol. The molecule has 0 radical (unpaired) electrons. The summed E-state index contributed by atoms with van der Waals surface area (Å²) >= 11 is 0. The summed E-state index contributed by atoms with van der Waals surface area (Å²) < 4.78 is 27.8. The van der Waals surface area contributed by atoms with Crippen molar-refractivity contribution in [1.29, 1.82) is 5.26 Å². The Labute approximate surface area is 238 Å². The summed E-state index contributed by atoms with van der Waals surface area (Å²) in [6.45, 7) is 2.21. The van der Waals surface area contributed by atoms with Crippen LogP contribution in [0.5, 0.6) is 28.7 Å². The Morgan fingerprint density at radius 3 is 2.20 bits per heavy atom. The Hall–Kier alpha value is -5.42. The zero-order valence-corrected chi connectivity index (χ0v) is 22.6. The third-order valence-electron chi connectivity index (χ3n) is 6.58. The fourth-order valence-electron chi connectivity index (χ4n) is 4.42. The molecule has 1 unspecified atom stereocenters. The van der Waals surface area contributed by atoms with Gasteiger partial charge in [0.25, 0.3) is 0 Å². The van der Waals surface area contributed by atoms with E-state index in [0.717, 1.165) is 16.7 Å². The molecule has 4 aromatic rings. The number of benzene rings is 4. The van der Waals surface area contributed by atoms with Crippen LogP contribution in [0.1, 0.15) is 28.2 Å². The molecule has 41 heavy (non-hydrogen) atoms.